The zero-order valence-corrected chi connectivity index (χ0v) is 11.4. The highest BCUT2D eigenvalue weighted by Gasteiger charge is 2.23. The number of nitrogens with two attached hydrogens (primary N) is 2. The summed E-state index contributed by atoms with van der Waals surface area (Å²) in [6, 6.07) is 3.08. The lowest BCUT2D eigenvalue weighted by Gasteiger charge is -2.31. The minimum atomic E-state index is -0.591. The fourth-order valence-corrected chi connectivity index (χ4v) is 2.51. The lowest BCUT2D eigenvalue weighted by atomic mass is 9.93. The number of carbonyl (C=O) groups excluding carboxylic acids is 2. The molecule has 4 N–H and O–H groups in total. The Bertz CT molecular complexity index is 478. The fourth-order valence-electron chi connectivity index (χ4n) is 2.51. The van der Waals surface area contributed by atoms with Crippen molar-refractivity contribution >= 4 is 11.8 Å². The van der Waals surface area contributed by atoms with E-state index in [2.05, 4.69) is 4.98 Å². The number of likely N-dealkylation sites (tertiary alicyclic amines) is 1. The summed E-state index contributed by atoms with van der Waals surface area (Å²) in [7, 11) is 0. The highest BCUT2D eigenvalue weighted by Crippen LogP contribution is 2.21. The number of nitrogens with zero attached hydrogens (tertiary/aromatic N) is 2. The van der Waals surface area contributed by atoms with Crippen LogP contribution in [0.1, 0.15) is 40.1 Å². The average molecular weight is 276 g/mol. The monoisotopic (exact) mass is 276 g/mol. The molecule has 0 unspecified atom stereocenters. The van der Waals surface area contributed by atoms with Crippen LogP contribution in [-0.2, 0) is 0 Å². The van der Waals surface area contributed by atoms with Gasteiger partial charge in [-0.2, -0.15) is 0 Å². The topological polar surface area (TPSA) is 102 Å². The molecular formula is C14H20N4O2. The molecular weight excluding hydrogens is 256 g/mol. The maximum atomic E-state index is 12.3. The van der Waals surface area contributed by atoms with Gasteiger partial charge in [-0.25, -0.2) is 0 Å². The largest absolute Gasteiger partial charge is 0.364 e. The van der Waals surface area contributed by atoms with Gasteiger partial charge in [-0.3, -0.25) is 14.6 Å². The molecule has 1 fully saturated rings. The molecule has 1 aliphatic rings. The van der Waals surface area contributed by atoms with E-state index in [1.165, 1.54) is 12.3 Å². The van der Waals surface area contributed by atoms with Crippen molar-refractivity contribution in [1.29, 1.82) is 0 Å². The number of rotatable bonds is 4. The minimum absolute atomic E-state index is 0.0419. The van der Waals surface area contributed by atoms with Crippen molar-refractivity contribution in [1.82, 2.24) is 9.88 Å². The molecule has 2 heterocycles. The van der Waals surface area contributed by atoms with E-state index < -0.39 is 5.91 Å². The van der Waals surface area contributed by atoms with Gasteiger partial charge in [0.05, 0.1) is 5.56 Å². The maximum absolute atomic E-state index is 12.3. The number of carbonyl (C=O) groups is 2. The van der Waals surface area contributed by atoms with Gasteiger partial charge in [0.25, 0.3) is 11.8 Å². The van der Waals surface area contributed by atoms with Gasteiger partial charge in [-0.15, -0.1) is 0 Å². The standard InChI is InChI=1S/C14H20N4O2/c15-6-3-10-4-7-18(8-5-10)14(20)11-1-2-12(13(16)19)17-9-11/h1-2,9-10H,3-8,15H2,(H2,16,19). The predicted molar refractivity (Wildman–Crippen MR) is 75.1 cm³/mol. The molecule has 1 saturated heterocycles. The van der Waals surface area contributed by atoms with Crippen molar-refractivity contribution in [3.05, 3.63) is 29.6 Å². The molecule has 0 aliphatic carbocycles. The predicted octanol–water partition coefficient (Wildman–Crippen LogP) is 0.382. The van der Waals surface area contributed by atoms with E-state index in [4.69, 9.17) is 11.5 Å². The Morgan fingerprint density at radius 1 is 1.30 bits per heavy atom. The molecule has 0 atom stereocenters. The normalized spacial score (nSPS) is 16.1. The summed E-state index contributed by atoms with van der Waals surface area (Å²) >= 11 is 0. The van der Waals surface area contributed by atoms with Gasteiger partial charge in [-0.05, 0) is 43.9 Å². The zero-order valence-electron chi connectivity index (χ0n) is 11.4. The fraction of sp³-hybridized carbons (Fsp3) is 0.500. The lowest BCUT2D eigenvalue weighted by Crippen LogP contribution is -2.38. The summed E-state index contributed by atoms with van der Waals surface area (Å²) in [6.45, 7) is 2.21. The quantitative estimate of drug-likeness (QED) is 0.830. The van der Waals surface area contributed by atoms with Crippen molar-refractivity contribution in [2.24, 2.45) is 17.4 Å². The van der Waals surface area contributed by atoms with E-state index in [-0.39, 0.29) is 11.6 Å². The van der Waals surface area contributed by atoms with Crippen LogP contribution in [0.4, 0.5) is 0 Å². The van der Waals surface area contributed by atoms with Crippen LogP contribution in [0.15, 0.2) is 18.3 Å². The van der Waals surface area contributed by atoms with Crippen LogP contribution >= 0.6 is 0 Å². The molecule has 0 radical (unpaired) electrons. The third kappa shape index (κ3) is 3.33. The lowest BCUT2D eigenvalue weighted by molar-refractivity contribution is 0.0687. The Hall–Kier alpha value is -1.95. The first-order valence-corrected chi connectivity index (χ1v) is 6.87. The second kappa shape index (κ2) is 6.47. The van der Waals surface area contributed by atoms with Crippen LogP contribution in [0.3, 0.4) is 0 Å². The van der Waals surface area contributed by atoms with Gasteiger partial charge in [0.2, 0.25) is 0 Å². The van der Waals surface area contributed by atoms with E-state index in [0.717, 1.165) is 32.4 Å². The number of primary amides is 1. The molecule has 1 aromatic rings. The molecule has 2 amide bonds. The summed E-state index contributed by atoms with van der Waals surface area (Å²) < 4.78 is 0. The Kier molecular flexibility index (Phi) is 4.68. The van der Waals surface area contributed by atoms with Gasteiger partial charge >= 0.3 is 0 Å². The molecule has 0 spiro atoms. The molecule has 0 aromatic carbocycles. The van der Waals surface area contributed by atoms with Crippen molar-refractivity contribution in [3.63, 3.8) is 0 Å². The number of hydrogen-bond acceptors (Lipinski definition) is 4. The highest BCUT2D eigenvalue weighted by molar-refractivity contribution is 5.95. The van der Waals surface area contributed by atoms with Gasteiger partial charge < -0.3 is 16.4 Å². The first kappa shape index (κ1) is 14.5. The van der Waals surface area contributed by atoms with Crippen molar-refractivity contribution in [2.75, 3.05) is 19.6 Å². The van der Waals surface area contributed by atoms with Crippen LogP contribution in [0.25, 0.3) is 0 Å². The smallest absolute Gasteiger partial charge is 0.267 e. The molecule has 6 nitrogen and oxygen atoms in total. The number of amides is 2. The average Bonchev–Trinajstić information content (AvgIpc) is 2.48. The molecule has 0 bridgehead atoms. The van der Waals surface area contributed by atoms with Crippen LogP contribution < -0.4 is 11.5 Å². The van der Waals surface area contributed by atoms with Crippen molar-refractivity contribution < 1.29 is 9.59 Å². The van der Waals surface area contributed by atoms with Crippen molar-refractivity contribution in [2.45, 2.75) is 19.3 Å². The molecule has 2 rings (SSSR count). The Labute approximate surface area is 118 Å². The van der Waals surface area contributed by atoms with Crippen LogP contribution in [0, 0.1) is 5.92 Å². The number of aromatic nitrogens is 1. The first-order chi connectivity index (χ1) is 9.61. The van der Waals surface area contributed by atoms with E-state index in [9.17, 15) is 9.59 Å². The second-order valence-corrected chi connectivity index (χ2v) is 5.11. The Morgan fingerprint density at radius 3 is 2.50 bits per heavy atom. The Morgan fingerprint density at radius 2 is 2.00 bits per heavy atom. The van der Waals surface area contributed by atoms with Crippen molar-refractivity contribution in [3.8, 4) is 0 Å². The third-order valence-electron chi connectivity index (χ3n) is 3.74. The third-order valence-corrected chi connectivity index (χ3v) is 3.74. The van der Waals surface area contributed by atoms with Gasteiger partial charge in [-0.1, -0.05) is 0 Å². The summed E-state index contributed by atoms with van der Waals surface area (Å²) in [4.78, 5) is 29.0. The zero-order chi connectivity index (χ0) is 14.5. The van der Waals surface area contributed by atoms with Crippen LogP contribution in [0.2, 0.25) is 0 Å². The summed E-state index contributed by atoms with van der Waals surface area (Å²) in [5.41, 5.74) is 11.3. The number of piperidine rings is 1. The SMILES string of the molecule is NCCC1CCN(C(=O)c2ccc(C(N)=O)nc2)CC1. The van der Waals surface area contributed by atoms with E-state index in [1.54, 1.807) is 6.07 Å². The first-order valence-electron chi connectivity index (χ1n) is 6.87. The molecule has 20 heavy (non-hydrogen) atoms. The van der Waals surface area contributed by atoms with Gasteiger partial charge in [0, 0.05) is 19.3 Å². The van der Waals surface area contributed by atoms with Crippen LogP contribution in [0.5, 0.6) is 0 Å². The summed E-state index contributed by atoms with van der Waals surface area (Å²) in [5, 5.41) is 0. The summed E-state index contributed by atoms with van der Waals surface area (Å²) in [6.07, 6.45) is 4.43. The van der Waals surface area contributed by atoms with E-state index in [1.807, 2.05) is 4.90 Å². The van der Waals surface area contributed by atoms with E-state index >= 15 is 0 Å². The minimum Gasteiger partial charge on any atom is -0.364 e. The summed E-state index contributed by atoms with van der Waals surface area (Å²) in [5.74, 6) is -0.00858. The Balaban J connectivity index is 1.96. The number of hydrogen-bond donors (Lipinski definition) is 2. The molecule has 6 heteroatoms. The van der Waals surface area contributed by atoms with E-state index in [0.29, 0.717) is 18.0 Å². The van der Waals surface area contributed by atoms with Gasteiger partial charge in [0.1, 0.15) is 5.69 Å². The molecule has 1 aromatic heterocycles. The van der Waals surface area contributed by atoms with Gasteiger partial charge in [0.15, 0.2) is 0 Å². The maximum Gasteiger partial charge on any atom is 0.267 e. The van der Waals surface area contributed by atoms with Crippen LogP contribution in [-0.4, -0.2) is 41.3 Å². The second-order valence-electron chi connectivity index (χ2n) is 5.11. The highest BCUT2D eigenvalue weighted by atomic mass is 16.2. The molecule has 0 saturated carbocycles. The molecule has 1 aliphatic heterocycles. The number of pyridine rings is 1. The molecule has 108 valence electrons.